The van der Waals surface area contributed by atoms with Crippen molar-refractivity contribution in [3.05, 3.63) is 41.5 Å². The fraction of sp³-hybridized carbons (Fsp3) is 0.444. The van der Waals surface area contributed by atoms with Gasteiger partial charge in [0, 0.05) is 0 Å². The molecule has 1 rings (SSSR count). The fourth-order valence-corrected chi connectivity index (χ4v) is 2.20. The lowest BCUT2D eigenvalue weighted by Crippen LogP contribution is -2.62. The van der Waals surface area contributed by atoms with Crippen molar-refractivity contribution < 1.29 is 32.2 Å². The Balaban J connectivity index is 3.38. The van der Waals surface area contributed by atoms with Crippen LogP contribution in [0.2, 0.25) is 0 Å². The van der Waals surface area contributed by atoms with Crippen molar-refractivity contribution in [1.82, 2.24) is 0 Å². The smallest absolute Gasteiger partial charge is 0.411 e. The first kappa shape index (κ1) is 21.7. The van der Waals surface area contributed by atoms with Crippen LogP contribution in [0.15, 0.2) is 30.3 Å². The van der Waals surface area contributed by atoms with Gasteiger partial charge in [-0.25, -0.2) is 0 Å². The minimum absolute atomic E-state index is 0.204. The molecule has 0 radical (unpaired) electrons. The summed E-state index contributed by atoms with van der Waals surface area (Å²) in [6, 6.07) is 6.60. The molecule has 5 nitrogen and oxygen atoms in total. The highest BCUT2D eigenvalue weighted by Gasteiger charge is 2.61. The van der Waals surface area contributed by atoms with E-state index in [2.05, 4.69) is 9.47 Å². The number of alkyl halides is 3. The zero-order valence-electron chi connectivity index (χ0n) is 14.8. The number of ether oxygens (including phenoxy) is 2. The summed E-state index contributed by atoms with van der Waals surface area (Å²) in [6.45, 7) is 4.24. The highest BCUT2D eigenvalue weighted by Crippen LogP contribution is 2.37. The van der Waals surface area contributed by atoms with Gasteiger partial charge in [-0.3, -0.25) is 9.59 Å². The molecule has 0 saturated heterocycles. The molecule has 0 aliphatic rings. The molecule has 0 heterocycles. The first-order valence-electron chi connectivity index (χ1n) is 8.01. The average molecular weight is 373 g/mol. The van der Waals surface area contributed by atoms with Crippen molar-refractivity contribution in [3.8, 4) is 0 Å². The summed E-state index contributed by atoms with van der Waals surface area (Å²) >= 11 is 0. The van der Waals surface area contributed by atoms with E-state index in [0.717, 1.165) is 11.6 Å². The van der Waals surface area contributed by atoms with Crippen LogP contribution >= 0.6 is 0 Å². The number of hydrogen-bond donors (Lipinski definition) is 1. The number of nitrogens with two attached hydrogens (primary N) is 1. The highest BCUT2D eigenvalue weighted by molar-refractivity contribution is 5.97. The third kappa shape index (κ3) is 5.08. The molecule has 1 aromatic carbocycles. The summed E-state index contributed by atoms with van der Waals surface area (Å²) in [4.78, 5) is 24.1. The molecule has 2 N–H and O–H groups in total. The van der Waals surface area contributed by atoms with Crippen molar-refractivity contribution in [2.75, 3.05) is 13.2 Å². The maximum Gasteiger partial charge on any atom is 0.411 e. The third-order valence-electron chi connectivity index (χ3n) is 3.64. The second-order valence-electron chi connectivity index (χ2n) is 5.61. The number of carbonyl (C=O) groups is 2. The van der Waals surface area contributed by atoms with Crippen molar-refractivity contribution in [3.63, 3.8) is 0 Å². The first-order valence-corrected chi connectivity index (χ1v) is 8.01. The number of esters is 2. The van der Waals surface area contributed by atoms with E-state index in [0.29, 0.717) is 11.6 Å². The third-order valence-corrected chi connectivity index (χ3v) is 3.64. The topological polar surface area (TPSA) is 78.6 Å². The molecule has 1 atom stereocenters. The summed E-state index contributed by atoms with van der Waals surface area (Å²) in [5, 5.41) is 0. The molecule has 0 aromatic heterocycles. The van der Waals surface area contributed by atoms with Crippen LogP contribution in [0, 0.1) is 12.8 Å². The molecule has 0 spiro atoms. The molecule has 0 amide bonds. The summed E-state index contributed by atoms with van der Waals surface area (Å²) in [7, 11) is 0. The molecule has 144 valence electrons. The van der Waals surface area contributed by atoms with Gasteiger partial charge in [0.25, 0.3) is 0 Å². The van der Waals surface area contributed by atoms with Crippen LogP contribution in [0.1, 0.15) is 25.0 Å². The van der Waals surface area contributed by atoms with E-state index in [9.17, 15) is 22.8 Å². The quantitative estimate of drug-likeness (QED) is 0.587. The zero-order chi connectivity index (χ0) is 20.0. The Hall–Kier alpha value is -2.35. The van der Waals surface area contributed by atoms with Crippen molar-refractivity contribution in [2.45, 2.75) is 32.5 Å². The Kier molecular flexibility index (Phi) is 7.38. The van der Waals surface area contributed by atoms with Crippen LogP contribution in [0.5, 0.6) is 0 Å². The Bertz CT molecular complexity index is 637. The maximum atomic E-state index is 13.7. The number of aryl methyl sites for hydroxylation is 1. The minimum Gasteiger partial charge on any atom is -0.465 e. The van der Waals surface area contributed by atoms with Crippen molar-refractivity contribution >= 4 is 18.0 Å². The number of rotatable bonds is 7. The molecular weight excluding hydrogens is 351 g/mol. The molecule has 0 fully saturated rings. The zero-order valence-corrected chi connectivity index (χ0v) is 14.8. The monoisotopic (exact) mass is 373 g/mol. The number of benzene rings is 1. The van der Waals surface area contributed by atoms with E-state index in [4.69, 9.17) is 5.73 Å². The number of halogens is 3. The molecule has 8 heteroatoms. The molecular formula is C18H22F3NO4. The Morgan fingerprint density at radius 3 is 1.92 bits per heavy atom. The second-order valence-corrected chi connectivity index (χ2v) is 5.61. The normalized spacial score (nSPS) is 14.3. The fourth-order valence-electron chi connectivity index (χ4n) is 2.20. The second kappa shape index (κ2) is 8.84. The van der Waals surface area contributed by atoms with Crippen molar-refractivity contribution in [2.24, 2.45) is 11.7 Å². The van der Waals surface area contributed by atoms with E-state index >= 15 is 0 Å². The summed E-state index contributed by atoms with van der Waals surface area (Å²) < 4.78 is 50.4. The first-order chi connectivity index (χ1) is 12.1. The van der Waals surface area contributed by atoms with Gasteiger partial charge in [-0.05, 0) is 26.3 Å². The van der Waals surface area contributed by atoms with Crippen LogP contribution in [-0.4, -0.2) is 36.9 Å². The van der Waals surface area contributed by atoms with Crippen LogP contribution < -0.4 is 5.73 Å². The van der Waals surface area contributed by atoms with Gasteiger partial charge in [-0.2, -0.15) is 13.2 Å². The Morgan fingerprint density at radius 2 is 1.54 bits per heavy atom. The van der Waals surface area contributed by atoms with Gasteiger partial charge in [0.2, 0.25) is 0 Å². The van der Waals surface area contributed by atoms with Gasteiger partial charge in [0.05, 0.1) is 13.2 Å². The van der Waals surface area contributed by atoms with Gasteiger partial charge in [-0.1, -0.05) is 42.0 Å². The average Bonchev–Trinajstić information content (AvgIpc) is 2.54. The van der Waals surface area contributed by atoms with Gasteiger partial charge < -0.3 is 15.2 Å². The van der Waals surface area contributed by atoms with E-state index in [1.54, 1.807) is 24.3 Å². The van der Waals surface area contributed by atoms with Crippen LogP contribution in [0.25, 0.3) is 6.08 Å². The summed E-state index contributed by atoms with van der Waals surface area (Å²) in [5.74, 6) is -5.15. The largest absolute Gasteiger partial charge is 0.465 e. The predicted molar refractivity (Wildman–Crippen MR) is 89.9 cm³/mol. The number of carbonyl (C=O) groups excluding carboxylic acids is 2. The Morgan fingerprint density at radius 1 is 1.08 bits per heavy atom. The Labute approximate surface area is 150 Å². The predicted octanol–water partition coefficient (Wildman–Crippen LogP) is 3.01. The van der Waals surface area contributed by atoms with Crippen LogP contribution in [-0.2, 0) is 19.1 Å². The standard InChI is InChI=1S/C18H22F3NO4/c1-4-25-15(23)14(16(24)26-5-2)17(22,18(19,20)21)11-10-13-8-6-12(3)7-9-13/h6-11,14H,4-5,22H2,1-3H3/b11-10+. The van der Waals surface area contributed by atoms with Gasteiger partial charge in [0.1, 0.15) is 0 Å². The van der Waals surface area contributed by atoms with Gasteiger partial charge in [-0.15, -0.1) is 0 Å². The number of hydrogen-bond acceptors (Lipinski definition) is 5. The minimum atomic E-state index is -5.10. The van der Waals surface area contributed by atoms with E-state index in [1.165, 1.54) is 13.8 Å². The molecule has 0 bridgehead atoms. The maximum absolute atomic E-state index is 13.7. The lowest BCUT2D eigenvalue weighted by atomic mass is 9.83. The molecule has 0 aliphatic carbocycles. The molecule has 0 aliphatic heterocycles. The van der Waals surface area contributed by atoms with Gasteiger partial charge >= 0.3 is 18.1 Å². The summed E-state index contributed by atoms with van der Waals surface area (Å²) in [6.07, 6.45) is -3.40. The lowest BCUT2D eigenvalue weighted by molar-refractivity contribution is -0.203. The summed E-state index contributed by atoms with van der Waals surface area (Å²) in [5.41, 5.74) is 3.62. The van der Waals surface area contributed by atoms with Crippen LogP contribution in [0.4, 0.5) is 13.2 Å². The molecule has 1 unspecified atom stereocenters. The lowest BCUT2D eigenvalue weighted by Gasteiger charge is -2.33. The van der Waals surface area contributed by atoms with E-state index in [1.807, 2.05) is 6.92 Å². The van der Waals surface area contributed by atoms with E-state index in [-0.39, 0.29) is 13.2 Å². The molecule has 1 aromatic rings. The van der Waals surface area contributed by atoms with Gasteiger partial charge in [0.15, 0.2) is 11.5 Å². The van der Waals surface area contributed by atoms with E-state index < -0.39 is 29.6 Å². The molecule has 0 saturated carbocycles. The SMILES string of the molecule is CCOC(=O)C(C(=O)OCC)C(N)(/C=C/c1ccc(C)cc1)C(F)(F)F. The van der Waals surface area contributed by atoms with Crippen LogP contribution in [0.3, 0.4) is 0 Å². The van der Waals surface area contributed by atoms with Crippen molar-refractivity contribution in [1.29, 1.82) is 0 Å². The molecule has 26 heavy (non-hydrogen) atoms. The highest BCUT2D eigenvalue weighted by atomic mass is 19.4.